The average molecular weight is 170 g/mol. The topological polar surface area (TPSA) is 51.5 Å². The monoisotopic (exact) mass is 170 g/mol. The van der Waals surface area contributed by atoms with Gasteiger partial charge in [0.05, 0.1) is 0 Å². The Hall–Kier alpha value is -2.13. The number of nitriles is 2. The number of aromatic nitrogens is 1. The Labute approximate surface area is 76.8 Å². The lowest BCUT2D eigenvalue weighted by Crippen LogP contribution is -2.31. The zero-order chi connectivity index (χ0) is 9.52. The SMILES string of the molecule is N#CC(C#N)=CC[n+]1ccccc1. The third-order valence-electron chi connectivity index (χ3n) is 1.52. The summed E-state index contributed by atoms with van der Waals surface area (Å²) in [6, 6.07) is 9.32. The van der Waals surface area contributed by atoms with E-state index < -0.39 is 0 Å². The lowest BCUT2D eigenvalue weighted by atomic mass is 10.3. The lowest BCUT2D eigenvalue weighted by molar-refractivity contribution is -0.687. The van der Waals surface area contributed by atoms with Crippen LogP contribution in [0.5, 0.6) is 0 Å². The van der Waals surface area contributed by atoms with Gasteiger partial charge in [-0.1, -0.05) is 6.07 Å². The van der Waals surface area contributed by atoms with Crippen molar-refractivity contribution >= 4 is 0 Å². The van der Waals surface area contributed by atoms with Gasteiger partial charge in [0.1, 0.15) is 17.7 Å². The molecule has 1 heterocycles. The molecular formula is C10H8N3+. The molecule has 0 atom stereocenters. The first-order valence-electron chi connectivity index (χ1n) is 3.81. The third-order valence-corrected chi connectivity index (χ3v) is 1.52. The molecule has 0 N–H and O–H groups in total. The predicted octanol–water partition coefficient (Wildman–Crippen LogP) is 0.948. The van der Waals surface area contributed by atoms with E-state index in [9.17, 15) is 0 Å². The lowest BCUT2D eigenvalue weighted by Gasteiger charge is -1.88. The van der Waals surface area contributed by atoms with Crippen molar-refractivity contribution in [3.8, 4) is 12.1 Å². The smallest absolute Gasteiger partial charge is 0.169 e. The maximum atomic E-state index is 8.45. The van der Waals surface area contributed by atoms with Gasteiger partial charge in [0.2, 0.25) is 0 Å². The highest BCUT2D eigenvalue weighted by atomic mass is 14.9. The molecule has 13 heavy (non-hydrogen) atoms. The molecule has 1 rings (SSSR count). The Morgan fingerprint density at radius 1 is 1.15 bits per heavy atom. The zero-order valence-electron chi connectivity index (χ0n) is 7.01. The molecule has 0 aliphatic heterocycles. The summed E-state index contributed by atoms with van der Waals surface area (Å²) in [6.45, 7) is 0.553. The molecule has 0 spiro atoms. The standard InChI is InChI=1S/C10H8N3/c11-8-10(9-12)4-7-13-5-2-1-3-6-13/h1-6H,7H2/q+1. The second-order valence-electron chi connectivity index (χ2n) is 2.41. The third kappa shape index (κ3) is 2.76. The molecule has 3 heteroatoms. The van der Waals surface area contributed by atoms with Gasteiger partial charge in [0, 0.05) is 18.2 Å². The molecule has 62 valence electrons. The summed E-state index contributed by atoms with van der Waals surface area (Å²) >= 11 is 0. The van der Waals surface area contributed by atoms with Gasteiger partial charge in [0.25, 0.3) is 0 Å². The molecule has 0 saturated heterocycles. The Balaban J connectivity index is 2.69. The van der Waals surface area contributed by atoms with Crippen LogP contribution in [0.3, 0.4) is 0 Å². The number of pyridine rings is 1. The molecule has 0 aromatic carbocycles. The molecular weight excluding hydrogens is 162 g/mol. The predicted molar refractivity (Wildman–Crippen MR) is 45.9 cm³/mol. The highest BCUT2D eigenvalue weighted by molar-refractivity contribution is 5.34. The van der Waals surface area contributed by atoms with E-state index in [1.807, 2.05) is 47.3 Å². The highest BCUT2D eigenvalue weighted by Crippen LogP contribution is 1.87. The van der Waals surface area contributed by atoms with Crippen molar-refractivity contribution in [3.63, 3.8) is 0 Å². The van der Waals surface area contributed by atoms with Crippen LogP contribution in [0.15, 0.2) is 42.2 Å². The first-order valence-corrected chi connectivity index (χ1v) is 3.81. The second-order valence-corrected chi connectivity index (χ2v) is 2.41. The quantitative estimate of drug-likeness (QED) is 0.490. The Morgan fingerprint density at radius 3 is 2.31 bits per heavy atom. The van der Waals surface area contributed by atoms with Crippen LogP contribution < -0.4 is 4.57 Å². The van der Waals surface area contributed by atoms with E-state index in [-0.39, 0.29) is 5.57 Å². The van der Waals surface area contributed by atoms with Crippen LogP contribution in [0.25, 0.3) is 0 Å². The van der Waals surface area contributed by atoms with Crippen molar-refractivity contribution < 1.29 is 4.57 Å². The van der Waals surface area contributed by atoms with E-state index in [2.05, 4.69) is 0 Å². The van der Waals surface area contributed by atoms with Gasteiger partial charge in [-0.05, 0) is 0 Å². The van der Waals surface area contributed by atoms with Gasteiger partial charge in [-0.25, -0.2) is 4.57 Å². The van der Waals surface area contributed by atoms with Crippen LogP contribution in [-0.4, -0.2) is 0 Å². The molecule has 0 aliphatic rings. The number of hydrogen-bond donors (Lipinski definition) is 0. The number of hydrogen-bond acceptors (Lipinski definition) is 2. The van der Waals surface area contributed by atoms with Crippen molar-refractivity contribution in [2.45, 2.75) is 6.54 Å². The molecule has 0 bridgehead atoms. The van der Waals surface area contributed by atoms with Crippen LogP contribution in [0.1, 0.15) is 0 Å². The molecule has 1 aromatic heterocycles. The Kier molecular flexibility index (Phi) is 3.23. The van der Waals surface area contributed by atoms with E-state index in [1.54, 1.807) is 6.08 Å². The fourth-order valence-electron chi connectivity index (χ4n) is 0.869. The largest absolute Gasteiger partial charge is 0.201 e. The summed E-state index contributed by atoms with van der Waals surface area (Å²) in [5, 5.41) is 16.9. The molecule has 0 amide bonds. The molecule has 0 saturated carbocycles. The Bertz CT molecular complexity index is 363. The summed E-state index contributed by atoms with van der Waals surface area (Å²) in [7, 11) is 0. The van der Waals surface area contributed by atoms with Gasteiger partial charge in [-0.15, -0.1) is 0 Å². The number of allylic oxidation sites excluding steroid dienone is 2. The van der Waals surface area contributed by atoms with Crippen molar-refractivity contribution in [1.29, 1.82) is 10.5 Å². The summed E-state index contributed by atoms with van der Waals surface area (Å²) in [4.78, 5) is 0. The minimum Gasteiger partial charge on any atom is -0.201 e. The summed E-state index contributed by atoms with van der Waals surface area (Å²) in [5.41, 5.74) is 0.149. The average Bonchev–Trinajstić information content (AvgIpc) is 2.21. The van der Waals surface area contributed by atoms with Gasteiger partial charge < -0.3 is 0 Å². The van der Waals surface area contributed by atoms with Gasteiger partial charge >= 0.3 is 0 Å². The molecule has 0 radical (unpaired) electrons. The fourth-order valence-corrected chi connectivity index (χ4v) is 0.869. The van der Waals surface area contributed by atoms with E-state index >= 15 is 0 Å². The van der Waals surface area contributed by atoms with Crippen molar-refractivity contribution in [2.24, 2.45) is 0 Å². The van der Waals surface area contributed by atoms with Gasteiger partial charge in [-0.3, -0.25) is 0 Å². The molecule has 1 aromatic rings. The fraction of sp³-hybridized carbons (Fsp3) is 0.100. The summed E-state index contributed by atoms with van der Waals surface area (Å²) in [6.07, 6.45) is 5.35. The summed E-state index contributed by atoms with van der Waals surface area (Å²) in [5.74, 6) is 0. The van der Waals surface area contributed by atoms with Crippen LogP contribution in [-0.2, 0) is 6.54 Å². The van der Waals surface area contributed by atoms with E-state index in [0.717, 1.165) is 0 Å². The van der Waals surface area contributed by atoms with Gasteiger partial charge in [0.15, 0.2) is 18.9 Å². The van der Waals surface area contributed by atoms with Crippen LogP contribution >= 0.6 is 0 Å². The molecule has 3 nitrogen and oxygen atoms in total. The minimum absolute atomic E-state index is 0.149. The zero-order valence-corrected chi connectivity index (χ0v) is 7.01. The van der Waals surface area contributed by atoms with Gasteiger partial charge in [-0.2, -0.15) is 10.5 Å². The Morgan fingerprint density at radius 2 is 1.77 bits per heavy atom. The first kappa shape index (κ1) is 8.96. The molecule has 0 fully saturated rings. The van der Waals surface area contributed by atoms with Crippen LogP contribution in [0.2, 0.25) is 0 Å². The van der Waals surface area contributed by atoms with Crippen molar-refractivity contribution in [1.82, 2.24) is 0 Å². The molecule has 0 unspecified atom stereocenters. The maximum absolute atomic E-state index is 8.45. The maximum Gasteiger partial charge on any atom is 0.169 e. The van der Waals surface area contributed by atoms with Crippen molar-refractivity contribution in [3.05, 3.63) is 42.2 Å². The highest BCUT2D eigenvalue weighted by Gasteiger charge is 1.96. The van der Waals surface area contributed by atoms with E-state index in [0.29, 0.717) is 6.54 Å². The van der Waals surface area contributed by atoms with E-state index in [4.69, 9.17) is 10.5 Å². The minimum atomic E-state index is 0.149. The second kappa shape index (κ2) is 4.69. The molecule has 0 aliphatic carbocycles. The summed E-state index contributed by atoms with van der Waals surface area (Å²) < 4.78 is 1.88. The normalized spacial score (nSPS) is 8.15. The van der Waals surface area contributed by atoms with Crippen LogP contribution in [0, 0.1) is 22.7 Å². The number of rotatable bonds is 2. The van der Waals surface area contributed by atoms with Crippen molar-refractivity contribution in [2.75, 3.05) is 0 Å². The van der Waals surface area contributed by atoms with Crippen LogP contribution in [0.4, 0.5) is 0 Å². The number of nitrogens with zero attached hydrogens (tertiary/aromatic N) is 3. The van der Waals surface area contributed by atoms with E-state index in [1.165, 1.54) is 0 Å². The first-order chi connectivity index (χ1) is 6.36.